The molecule has 1 amide bonds. The van der Waals surface area contributed by atoms with E-state index in [9.17, 15) is 9.59 Å². The topological polar surface area (TPSA) is 94.3 Å². The normalized spacial score (nSPS) is 21.2. The predicted octanol–water partition coefficient (Wildman–Crippen LogP) is 2.93. The van der Waals surface area contributed by atoms with Crippen molar-refractivity contribution in [3.05, 3.63) is 35.7 Å². The van der Waals surface area contributed by atoms with E-state index in [1.165, 1.54) is 0 Å². The fourth-order valence-corrected chi connectivity index (χ4v) is 4.13. The van der Waals surface area contributed by atoms with Crippen LogP contribution < -0.4 is 5.32 Å². The number of hydrogen-bond acceptors (Lipinski definition) is 6. The first kappa shape index (κ1) is 17.7. The van der Waals surface area contributed by atoms with Crippen molar-refractivity contribution in [1.29, 1.82) is 0 Å². The molecule has 2 aliphatic rings. The van der Waals surface area contributed by atoms with Gasteiger partial charge in [-0.1, -0.05) is 35.8 Å². The molecule has 2 aromatic rings. The number of benzene rings is 1. The number of nitrogens with one attached hydrogen (secondary N) is 1. The summed E-state index contributed by atoms with van der Waals surface area (Å²) >= 11 is 0. The highest BCUT2D eigenvalue weighted by molar-refractivity contribution is 5.87. The van der Waals surface area contributed by atoms with Crippen LogP contribution >= 0.6 is 0 Å². The Hall–Kier alpha value is -2.70. The molecule has 1 atom stereocenters. The van der Waals surface area contributed by atoms with E-state index in [1.807, 2.05) is 24.3 Å². The smallest absolute Gasteiger partial charge is 0.307 e. The molecular weight excluding hydrogens is 346 g/mol. The lowest BCUT2D eigenvalue weighted by Gasteiger charge is -2.36. The van der Waals surface area contributed by atoms with Crippen LogP contribution in [-0.4, -0.2) is 27.6 Å². The second-order valence-corrected chi connectivity index (χ2v) is 7.41. The summed E-state index contributed by atoms with van der Waals surface area (Å²) in [5.41, 5.74) is 1.24. The first-order valence-corrected chi connectivity index (χ1v) is 9.45. The molecule has 0 bridgehead atoms. The van der Waals surface area contributed by atoms with Gasteiger partial charge >= 0.3 is 5.97 Å². The largest absolute Gasteiger partial charge is 0.458 e. The van der Waals surface area contributed by atoms with E-state index in [2.05, 4.69) is 15.5 Å². The SMILES string of the molecule is Cc1nc(-c2ccc(CNC(=O)[C@H]3CC(=O)OC34CCCCC4)cc2)no1. The van der Waals surface area contributed by atoms with Gasteiger partial charge in [0.15, 0.2) is 0 Å². The van der Waals surface area contributed by atoms with Crippen LogP contribution in [0.2, 0.25) is 0 Å². The van der Waals surface area contributed by atoms with Crippen LogP contribution in [0.1, 0.15) is 50.0 Å². The maximum absolute atomic E-state index is 12.8. The minimum absolute atomic E-state index is 0.0966. The lowest BCUT2D eigenvalue weighted by Crippen LogP contribution is -2.45. The van der Waals surface area contributed by atoms with Crippen molar-refractivity contribution < 1.29 is 18.8 Å². The van der Waals surface area contributed by atoms with Gasteiger partial charge in [-0.2, -0.15) is 4.98 Å². The summed E-state index contributed by atoms with van der Waals surface area (Å²) in [7, 11) is 0. The van der Waals surface area contributed by atoms with Crippen LogP contribution in [0.25, 0.3) is 11.4 Å². The molecule has 1 N–H and O–H groups in total. The zero-order chi connectivity index (χ0) is 18.9. The summed E-state index contributed by atoms with van der Waals surface area (Å²) < 4.78 is 10.6. The van der Waals surface area contributed by atoms with Crippen LogP contribution in [-0.2, 0) is 20.9 Å². The Balaban J connectivity index is 1.39. The first-order valence-electron chi connectivity index (χ1n) is 9.45. The van der Waals surface area contributed by atoms with Crippen molar-refractivity contribution in [3.63, 3.8) is 0 Å². The molecule has 2 heterocycles. The highest BCUT2D eigenvalue weighted by Crippen LogP contribution is 2.44. The summed E-state index contributed by atoms with van der Waals surface area (Å²) in [5, 5.41) is 6.87. The minimum Gasteiger partial charge on any atom is -0.458 e. The average Bonchev–Trinajstić information content (AvgIpc) is 3.24. The van der Waals surface area contributed by atoms with Gasteiger partial charge in [-0.25, -0.2) is 0 Å². The fourth-order valence-electron chi connectivity index (χ4n) is 4.13. The van der Waals surface area contributed by atoms with Crippen molar-refractivity contribution in [1.82, 2.24) is 15.5 Å². The van der Waals surface area contributed by atoms with Gasteiger partial charge in [-0.05, 0) is 31.2 Å². The summed E-state index contributed by atoms with van der Waals surface area (Å²) in [6, 6.07) is 7.65. The van der Waals surface area contributed by atoms with Gasteiger partial charge in [0.1, 0.15) is 5.60 Å². The van der Waals surface area contributed by atoms with Crippen molar-refractivity contribution in [2.24, 2.45) is 5.92 Å². The third-order valence-corrected chi connectivity index (χ3v) is 5.55. The third kappa shape index (κ3) is 3.59. The molecule has 142 valence electrons. The number of carbonyl (C=O) groups excluding carboxylic acids is 2. The molecule has 0 radical (unpaired) electrons. The molecule has 4 rings (SSSR count). The van der Waals surface area contributed by atoms with Gasteiger partial charge in [0.05, 0.1) is 12.3 Å². The fraction of sp³-hybridized carbons (Fsp3) is 0.500. The molecule has 7 heteroatoms. The Morgan fingerprint density at radius 1 is 1.22 bits per heavy atom. The van der Waals surface area contributed by atoms with Crippen LogP contribution in [0.15, 0.2) is 28.8 Å². The number of aromatic nitrogens is 2. The molecular formula is C20H23N3O4. The molecule has 27 heavy (non-hydrogen) atoms. The zero-order valence-corrected chi connectivity index (χ0v) is 15.4. The highest BCUT2D eigenvalue weighted by atomic mass is 16.6. The molecule has 1 aromatic carbocycles. The van der Waals surface area contributed by atoms with Gasteiger partial charge in [0, 0.05) is 19.0 Å². The van der Waals surface area contributed by atoms with Crippen LogP contribution in [0.4, 0.5) is 0 Å². The molecule has 1 aliphatic carbocycles. The number of rotatable bonds is 4. The molecule has 1 aromatic heterocycles. The minimum atomic E-state index is -0.584. The van der Waals surface area contributed by atoms with E-state index < -0.39 is 5.60 Å². The standard InChI is InChI=1S/C20H23N3O4/c1-13-22-18(23-27-13)15-7-5-14(6-8-15)12-21-19(25)16-11-17(24)26-20(16)9-3-2-4-10-20/h5-8,16H,2-4,9-12H2,1H3,(H,21,25)/t16-/m1/s1. The number of ether oxygens (including phenoxy) is 1. The van der Waals surface area contributed by atoms with E-state index in [-0.39, 0.29) is 24.2 Å². The van der Waals surface area contributed by atoms with Crippen LogP contribution in [0.3, 0.4) is 0 Å². The molecule has 1 saturated heterocycles. The number of aryl methyl sites for hydroxylation is 1. The summed E-state index contributed by atoms with van der Waals surface area (Å²) in [6.07, 6.45) is 4.91. The molecule has 1 aliphatic heterocycles. The number of nitrogens with zero attached hydrogens (tertiary/aromatic N) is 2. The predicted molar refractivity (Wildman–Crippen MR) is 96.3 cm³/mol. The van der Waals surface area contributed by atoms with Gasteiger partial charge < -0.3 is 14.6 Å². The Morgan fingerprint density at radius 2 is 1.96 bits per heavy atom. The van der Waals surface area contributed by atoms with Crippen molar-refractivity contribution in [2.75, 3.05) is 0 Å². The van der Waals surface area contributed by atoms with Crippen molar-refractivity contribution >= 4 is 11.9 Å². The zero-order valence-electron chi connectivity index (χ0n) is 15.4. The maximum Gasteiger partial charge on any atom is 0.307 e. The maximum atomic E-state index is 12.8. The number of hydrogen-bond donors (Lipinski definition) is 1. The van der Waals surface area contributed by atoms with Crippen LogP contribution in [0.5, 0.6) is 0 Å². The van der Waals surface area contributed by atoms with E-state index in [1.54, 1.807) is 6.92 Å². The Bertz CT molecular complexity index is 837. The quantitative estimate of drug-likeness (QED) is 0.833. The number of esters is 1. The summed E-state index contributed by atoms with van der Waals surface area (Å²) in [4.78, 5) is 28.8. The highest BCUT2D eigenvalue weighted by Gasteiger charge is 2.52. The molecule has 1 saturated carbocycles. The second kappa shape index (κ2) is 7.13. The average molecular weight is 369 g/mol. The third-order valence-electron chi connectivity index (χ3n) is 5.55. The van der Waals surface area contributed by atoms with E-state index in [0.717, 1.165) is 43.2 Å². The van der Waals surface area contributed by atoms with Crippen molar-refractivity contribution in [2.45, 2.75) is 57.6 Å². The Labute approximate surface area is 157 Å². The molecule has 7 nitrogen and oxygen atoms in total. The van der Waals surface area contributed by atoms with Gasteiger partial charge in [0.2, 0.25) is 17.6 Å². The summed E-state index contributed by atoms with van der Waals surface area (Å²) in [6.45, 7) is 2.15. The summed E-state index contributed by atoms with van der Waals surface area (Å²) in [5.74, 6) is 0.333. The second-order valence-electron chi connectivity index (χ2n) is 7.41. The lowest BCUT2D eigenvalue weighted by molar-refractivity contribution is -0.153. The van der Waals surface area contributed by atoms with E-state index in [4.69, 9.17) is 9.26 Å². The Kier molecular flexibility index (Phi) is 4.68. The lowest BCUT2D eigenvalue weighted by atomic mass is 9.75. The first-order chi connectivity index (χ1) is 13.1. The van der Waals surface area contributed by atoms with Gasteiger partial charge in [-0.15, -0.1) is 0 Å². The molecule has 0 unspecified atom stereocenters. The molecule has 1 spiro atoms. The number of carbonyl (C=O) groups is 2. The van der Waals surface area contributed by atoms with Crippen molar-refractivity contribution in [3.8, 4) is 11.4 Å². The number of amides is 1. The van der Waals surface area contributed by atoms with E-state index in [0.29, 0.717) is 18.3 Å². The van der Waals surface area contributed by atoms with Gasteiger partial charge in [0.25, 0.3) is 0 Å². The molecule has 2 fully saturated rings. The monoisotopic (exact) mass is 369 g/mol. The van der Waals surface area contributed by atoms with Gasteiger partial charge in [-0.3, -0.25) is 9.59 Å². The Morgan fingerprint density at radius 3 is 2.63 bits per heavy atom. The van der Waals surface area contributed by atoms with E-state index >= 15 is 0 Å². The van der Waals surface area contributed by atoms with Crippen LogP contribution in [0, 0.1) is 12.8 Å².